The molecule has 1 heteroatoms. The Morgan fingerprint density at radius 2 is 2.00 bits per heavy atom. The number of fused-ring (bicyclic) bond motifs is 2. The molecule has 0 nitrogen and oxygen atoms in total. The van der Waals surface area contributed by atoms with Gasteiger partial charge < -0.3 is 0 Å². The Labute approximate surface area is 58.8 Å². The highest BCUT2D eigenvalue weighted by Gasteiger charge is 2.25. The Bertz CT molecular complexity index is 88.7. The van der Waals surface area contributed by atoms with Crippen LogP contribution in [0.5, 0.6) is 0 Å². The largest absolute Gasteiger partial charge is 0.106 e. The van der Waals surface area contributed by atoms with Gasteiger partial charge in [-0.2, -0.15) is 0 Å². The third-order valence-electron chi connectivity index (χ3n) is 2.71. The van der Waals surface area contributed by atoms with Crippen LogP contribution in [0, 0.1) is 5.92 Å². The first-order valence-corrected chi connectivity index (χ1v) is 6.07. The molecule has 0 amide bonds. The molecule has 2 heterocycles. The number of rotatable bonds is 0. The van der Waals surface area contributed by atoms with Crippen molar-refractivity contribution >= 4 is 7.92 Å². The van der Waals surface area contributed by atoms with E-state index < -0.39 is 0 Å². The minimum Gasteiger partial charge on any atom is -0.106 e. The lowest BCUT2D eigenvalue weighted by molar-refractivity contribution is 0.522. The Balaban J connectivity index is 1.99. The van der Waals surface area contributed by atoms with E-state index >= 15 is 0 Å². The van der Waals surface area contributed by atoms with Gasteiger partial charge in [0.2, 0.25) is 0 Å². The summed E-state index contributed by atoms with van der Waals surface area (Å²) in [6.45, 7) is 0. The van der Waals surface area contributed by atoms with E-state index in [9.17, 15) is 0 Å². The quantitative estimate of drug-likeness (QED) is 0.456. The molecular formula is C8H15P. The summed E-state index contributed by atoms with van der Waals surface area (Å²) in [5, 5.41) is 0. The predicted molar refractivity (Wildman–Crippen MR) is 43.5 cm³/mol. The molecule has 0 spiro atoms. The predicted octanol–water partition coefficient (Wildman–Crippen LogP) is 2.67. The van der Waals surface area contributed by atoms with Crippen molar-refractivity contribution in [3.8, 4) is 0 Å². The van der Waals surface area contributed by atoms with Crippen molar-refractivity contribution in [3.63, 3.8) is 0 Å². The molecule has 2 bridgehead atoms. The molecule has 52 valence electrons. The van der Waals surface area contributed by atoms with Crippen molar-refractivity contribution in [1.82, 2.24) is 0 Å². The molecule has 0 aromatic rings. The smallest absolute Gasteiger partial charge is 0.0297 e. The third kappa shape index (κ3) is 1.29. The van der Waals surface area contributed by atoms with Crippen molar-refractivity contribution in [3.05, 3.63) is 0 Å². The molecule has 0 N–H and O–H groups in total. The molecule has 0 saturated carbocycles. The van der Waals surface area contributed by atoms with Gasteiger partial charge in [0.05, 0.1) is 0 Å². The second-order valence-electron chi connectivity index (χ2n) is 3.45. The van der Waals surface area contributed by atoms with Gasteiger partial charge in [0.15, 0.2) is 0 Å². The summed E-state index contributed by atoms with van der Waals surface area (Å²) < 4.78 is 0. The van der Waals surface area contributed by atoms with Crippen LogP contribution in [0.1, 0.15) is 25.7 Å². The van der Waals surface area contributed by atoms with Crippen molar-refractivity contribution in [1.29, 1.82) is 0 Å². The SMILES string of the molecule is C1CCP2CCC(C1)C2. The monoisotopic (exact) mass is 142 g/mol. The molecule has 0 aliphatic carbocycles. The standard InChI is InChI=1S/C8H15P/c1-2-5-9-6-4-8(3-1)7-9/h8H,1-7H2. The minimum atomic E-state index is 0.578. The highest BCUT2D eigenvalue weighted by Crippen LogP contribution is 2.50. The van der Waals surface area contributed by atoms with Gasteiger partial charge in [0, 0.05) is 0 Å². The van der Waals surface area contributed by atoms with Gasteiger partial charge in [-0.25, -0.2) is 0 Å². The molecule has 2 unspecified atom stereocenters. The first-order valence-electron chi connectivity index (χ1n) is 4.17. The van der Waals surface area contributed by atoms with Crippen LogP contribution in [0.3, 0.4) is 0 Å². The van der Waals surface area contributed by atoms with E-state index in [1.165, 1.54) is 5.92 Å². The van der Waals surface area contributed by atoms with E-state index in [0.717, 1.165) is 0 Å². The minimum absolute atomic E-state index is 0.578. The van der Waals surface area contributed by atoms with E-state index in [1.54, 1.807) is 44.2 Å². The van der Waals surface area contributed by atoms with E-state index in [0.29, 0.717) is 7.92 Å². The summed E-state index contributed by atoms with van der Waals surface area (Å²) in [7, 11) is 0.578. The van der Waals surface area contributed by atoms with Crippen molar-refractivity contribution in [2.45, 2.75) is 25.7 Å². The van der Waals surface area contributed by atoms with E-state index in [2.05, 4.69) is 0 Å². The zero-order chi connectivity index (χ0) is 6.10. The second-order valence-corrected chi connectivity index (χ2v) is 6.05. The molecule has 0 aromatic heterocycles. The summed E-state index contributed by atoms with van der Waals surface area (Å²) in [6.07, 6.45) is 11.2. The van der Waals surface area contributed by atoms with Crippen LogP contribution in [-0.2, 0) is 0 Å². The lowest BCUT2D eigenvalue weighted by Crippen LogP contribution is -1.95. The molecule has 2 atom stereocenters. The van der Waals surface area contributed by atoms with Crippen LogP contribution in [0.15, 0.2) is 0 Å². The summed E-state index contributed by atoms with van der Waals surface area (Å²) in [4.78, 5) is 0. The van der Waals surface area contributed by atoms with E-state index in [4.69, 9.17) is 0 Å². The molecule has 2 saturated heterocycles. The van der Waals surface area contributed by atoms with Gasteiger partial charge in [-0.15, -0.1) is 7.92 Å². The maximum atomic E-state index is 1.65. The maximum absolute atomic E-state index is 1.65. The molecule has 2 aliphatic heterocycles. The topological polar surface area (TPSA) is 0 Å². The fraction of sp³-hybridized carbons (Fsp3) is 1.00. The number of hydrogen-bond donors (Lipinski definition) is 0. The zero-order valence-electron chi connectivity index (χ0n) is 5.97. The molecule has 2 fully saturated rings. The van der Waals surface area contributed by atoms with Gasteiger partial charge in [-0.3, -0.25) is 0 Å². The average molecular weight is 142 g/mol. The Morgan fingerprint density at radius 1 is 1.00 bits per heavy atom. The Hall–Kier alpha value is 0.430. The normalized spacial score (nSPS) is 42.7. The summed E-state index contributed by atoms with van der Waals surface area (Å²) >= 11 is 0. The molecular weight excluding hydrogens is 127 g/mol. The first kappa shape index (κ1) is 6.16. The fourth-order valence-corrected chi connectivity index (χ4v) is 5.21. The number of hydrogen-bond acceptors (Lipinski definition) is 0. The Morgan fingerprint density at radius 3 is 3.00 bits per heavy atom. The lowest BCUT2D eigenvalue weighted by atomic mass is 10.0. The summed E-state index contributed by atoms with van der Waals surface area (Å²) in [5.74, 6) is 1.18. The van der Waals surface area contributed by atoms with Gasteiger partial charge in [0.25, 0.3) is 0 Å². The van der Waals surface area contributed by atoms with Crippen molar-refractivity contribution in [2.75, 3.05) is 18.5 Å². The summed E-state index contributed by atoms with van der Waals surface area (Å²) in [6, 6.07) is 0. The molecule has 9 heavy (non-hydrogen) atoms. The maximum Gasteiger partial charge on any atom is -0.0297 e. The van der Waals surface area contributed by atoms with Gasteiger partial charge in [0.1, 0.15) is 0 Å². The Kier molecular flexibility index (Phi) is 1.77. The van der Waals surface area contributed by atoms with Crippen molar-refractivity contribution < 1.29 is 0 Å². The van der Waals surface area contributed by atoms with Gasteiger partial charge in [-0.05, 0) is 37.2 Å². The van der Waals surface area contributed by atoms with Gasteiger partial charge >= 0.3 is 0 Å². The fourth-order valence-electron chi connectivity index (χ4n) is 2.12. The average Bonchev–Trinajstić information content (AvgIpc) is 2.09. The van der Waals surface area contributed by atoms with Crippen molar-refractivity contribution in [2.24, 2.45) is 5.92 Å². The van der Waals surface area contributed by atoms with Gasteiger partial charge in [-0.1, -0.05) is 12.8 Å². The molecule has 0 aromatic carbocycles. The highest BCUT2D eigenvalue weighted by atomic mass is 31.1. The summed E-state index contributed by atoms with van der Waals surface area (Å²) in [5.41, 5.74) is 0. The highest BCUT2D eigenvalue weighted by molar-refractivity contribution is 7.58. The van der Waals surface area contributed by atoms with E-state index in [1.807, 2.05) is 0 Å². The van der Waals surface area contributed by atoms with Crippen LogP contribution < -0.4 is 0 Å². The lowest BCUT2D eigenvalue weighted by Gasteiger charge is -2.05. The molecule has 2 aliphatic rings. The first-order chi connectivity index (χ1) is 4.45. The molecule has 2 rings (SSSR count). The van der Waals surface area contributed by atoms with Crippen LogP contribution in [0.4, 0.5) is 0 Å². The second kappa shape index (κ2) is 2.58. The van der Waals surface area contributed by atoms with Crippen LogP contribution >= 0.6 is 7.92 Å². The van der Waals surface area contributed by atoms with E-state index in [-0.39, 0.29) is 0 Å². The molecule has 0 radical (unpaired) electrons. The van der Waals surface area contributed by atoms with Crippen LogP contribution in [0.2, 0.25) is 0 Å². The third-order valence-corrected chi connectivity index (χ3v) is 5.58. The zero-order valence-corrected chi connectivity index (χ0v) is 6.87. The van der Waals surface area contributed by atoms with Crippen LogP contribution in [0.25, 0.3) is 0 Å². The van der Waals surface area contributed by atoms with Crippen LogP contribution in [-0.4, -0.2) is 18.5 Å².